The van der Waals surface area contributed by atoms with E-state index in [1.165, 1.54) is 31.0 Å². The lowest BCUT2D eigenvalue weighted by molar-refractivity contribution is -0.163. The van der Waals surface area contributed by atoms with E-state index < -0.39 is 24.1 Å². The van der Waals surface area contributed by atoms with Crippen molar-refractivity contribution in [2.24, 2.45) is 11.7 Å². The highest BCUT2D eigenvalue weighted by atomic mass is 16.5. The van der Waals surface area contributed by atoms with Crippen LogP contribution in [0.4, 0.5) is 0 Å². The van der Waals surface area contributed by atoms with Gasteiger partial charge in [0, 0.05) is 27.6 Å². The van der Waals surface area contributed by atoms with E-state index in [2.05, 4.69) is 0 Å². The molecule has 0 saturated heterocycles. The van der Waals surface area contributed by atoms with E-state index in [-0.39, 0.29) is 11.8 Å². The van der Waals surface area contributed by atoms with E-state index >= 15 is 0 Å². The van der Waals surface area contributed by atoms with Gasteiger partial charge in [-0.05, 0) is 18.8 Å². The number of carbonyl (C=O) groups is 3. The molecule has 7 nitrogen and oxygen atoms in total. The minimum Gasteiger partial charge on any atom is -0.368 e. The molecule has 0 aromatic heterocycles. The lowest BCUT2D eigenvalue weighted by Gasteiger charge is -2.33. The maximum absolute atomic E-state index is 12.6. The summed E-state index contributed by atoms with van der Waals surface area (Å²) < 4.78 is 5.16. The summed E-state index contributed by atoms with van der Waals surface area (Å²) in [7, 11) is 4.37. The molecule has 0 aromatic carbocycles. The molecule has 0 radical (unpaired) electrons. The van der Waals surface area contributed by atoms with Gasteiger partial charge in [0.15, 0.2) is 0 Å². The standard InChI is InChI=1S/C15H29N3O4/c1-7-8-12(19)18(5)15(22-6)14(21)17(4)11(13(16)20)9-10(2)3/h10-11,15H,7-9H2,1-6H3,(H2,16,20)/t11-,15+/m0/s1. The number of hydrogen-bond acceptors (Lipinski definition) is 4. The average molecular weight is 315 g/mol. The maximum Gasteiger partial charge on any atom is 0.273 e. The Morgan fingerprint density at radius 3 is 2.05 bits per heavy atom. The van der Waals surface area contributed by atoms with Crippen molar-refractivity contribution in [1.29, 1.82) is 0 Å². The first-order valence-corrected chi connectivity index (χ1v) is 7.51. The van der Waals surface area contributed by atoms with Gasteiger partial charge < -0.3 is 20.3 Å². The third-order valence-corrected chi connectivity index (χ3v) is 3.48. The van der Waals surface area contributed by atoms with Crippen LogP contribution in [0.25, 0.3) is 0 Å². The molecule has 0 fully saturated rings. The predicted octanol–water partition coefficient (Wildman–Crippen LogP) is 0.576. The highest BCUT2D eigenvalue weighted by Crippen LogP contribution is 2.14. The molecular weight excluding hydrogens is 286 g/mol. The van der Waals surface area contributed by atoms with Crippen molar-refractivity contribution in [2.45, 2.75) is 52.3 Å². The van der Waals surface area contributed by atoms with Crippen molar-refractivity contribution in [3.63, 3.8) is 0 Å². The Kier molecular flexibility index (Phi) is 8.70. The molecule has 0 aliphatic carbocycles. The summed E-state index contributed by atoms with van der Waals surface area (Å²) in [5.41, 5.74) is 5.39. The fourth-order valence-electron chi connectivity index (χ4n) is 2.19. The minimum absolute atomic E-state index is 0.185. The van der Waals surface area contributed by atoms with Crippen molar-refractivity contribution < 1.29 is 19.1 Å². The van der Waals surface area contributed by atoms with Crippen molar-refractivity contribution in [3.8, 4) is 0 Å². The summed E-state index contributed by atoms with van der Waals surface area (Å²) in [6, 6.07) is -0.722. The average Bonchev–Trinajstić information content (AvgIpc) is 2.44. The van der Waals surface area contributed by atoms with Crippen LogP contribution in [0.1, 0.15) is 40.0 Å². The van der Waals surface area contributed by atoms with E-state index in [9.17, 15) is 14.4 Å². The summed E-state index contributed by atoms with van der Waals surface area (Å²) in [6.45, 7) is 5.77. The second-order valence-corrected chi connectivity index (χ2v) is 5.84. The zero-order valence-electron chi connectivity index (χ0n) is 14.5. The fraction of sp³-hybridized carbons (Fsp3) is 0.800. The number of likely N-dealkylation sites (N-methyl/N-ethyl adjacent to an activating group) is 2. The topological polar surface area (TPSA) is 92.9 Å². The predicted molar refractivity (Wildman–Crippen MR) is 83.7 cm³/mol. The number of nitrogens with zero attached hydrogens (tertiary/aromatic N) is 2. The highest BCUT2D eigenvalue weighted by Gasteiger charge is 2.34. The van der Waals surface area contributed by atoms with E-state index in [4.69, 9.17) is 10.5 Å². The van der Waals surface area contributed by atoms with E-state index in [0.717, 1.165) is 0 Å². The van der Waals surface area contributed by atoms with Gasteiger partial charge in [-0.2, -0.15) is 0 Å². The Balaban J connectivity index is 5.14. The van der Waals surface area contributed by atoms with Crippen LogP contribution in [0.3, 0.4) is 0 Å². The smallest absolute Gasteiger partial charge is 0.273 e. The van der Waals surface area contributed by atoms with Crippen molar-refractivity contribution in [3.05, 3.63) is 0 Å². The zero-order chi connectivity index (χ0) is 17.4. The number of primary amides is 1. The number of amides is 3. The van der Waals surface area contributed by atoms with Crippen LogP contribution in [0.2, 0.25) is 0 Å². The number of ether oxygens (including phenoxy) is 1. The Hall–Kier alpha value is -1.63. The number of hydrogen-bond donors (Lipinski definition) is 1. The number of methoxy groups -OCH3 is 1. The van der Waals surface area contributed by atoms with Crippen molar-refractivity contribution in [1.82, 2.24) is 9.80 Å². The number of nitrogens with two attached hydrogens (primary N) is 1. The first kappa shape index (κ1) is 20.4. The van der Waals surface area contributed by atoms with Crippen LogP contribution in [0.15, 0.2) is 0 Å². The molecular formula is C15H29N3O4. The van der Waals surface area contributed by atoms with Gasteiger partial charge in [0.05, 0.1) is 0 Å². The SMILES string of the molecule is CCCC(=O)N(C)[C@H](OC)C(=O)N(C)[C@@H](CC(C)C)C(N)=O. The molecule has 7 heteroatoms. The lowest BCUT2D eigenvalue weighted by Crippen LogP contribution is -2.54. The maximum atomic E-state index is 12.6. The first-order chi connectivity index (χ1) is 10.2. The fourth-order valence-corrected chi connectivity index (χ4v) is 2.19. The summed E-state index contributed by atoms with van der Waals surface area (Å²) in [5, 5.41) is 0. The van der Waals surface area contributed by atoms with Crippen LogP contribution in [-0.2, 0) is 19.1 Å². The van der Waals surface area contributed by atoms with Gasteiger partial charge in [-0.15, -0.1) is 0 Å². The monoisotopic (exact) mass is 315 g/mol. The molecule has 0 heterocycles. The second kappa shape index (κ2) is 9.40. The van der Waals surface area contributed by atoms with Crippen LogP contribution < -0.4 is 5.73 Å². The molecule has 0 unspecified atom stereocenters. The minimum atomic E-state index is -1.06. The summed E-state index contributed by atoms with van der Waals surface area (Å²) in [4.78, 5) is 38.6. The first-order valence-electron chi connectivity index (χ1n) is 7.51. The van der Waals surface area contributed by atoms with E-state index in [0.29, 0.717) is 19.3 Å². The molecule has 3 amide bonds. The normalized spacial score (nSPS) is 13.6. The molecule has 128 valence electrons. The van der Waals surface area contributed by atoms with Gasteiger partial charge in [0.25, 0.3) is 5.91 Å². The van der Waals surface area contributed by atoms with Gasteiger partial charge in [-0.1, -0.05) is 20.8 Å². The molecule has 0 saturated carbocycles. The summed E-state index contributed by atoms with van der Waals surface area (Å²) in [5.74, 6) is -1.01. The second-order valence-electron chi connectivity index (χ2n) is 5.84. The molecule has 2 atom stereocenters. The quantitative estimate of drug-likeness (QED) is 0.630. The summed E-state index contributed by atoms with van der Waals surface area (Å²) in [6.07, 6.45) is 0.415. The van der Waals surface area contributed by atoms with Gasteiger partial charge in [-0.3, -0.25) is 14.4 Å². The van der Waals surface area contributed by atoms with Gasteiger partial charge in [-0.25, -0.2) is 0 Å². The molecule has 0 spiro atoms. The molecule has 0 aliphatic heterocycles. The molecule has 0 rings (SSSR count). The van der Waals surface area contributed by atoms with Gasteiger partial charge in [0.1, 0.15) is 6.04 Å². The van der Waals surface area contributed by atoms with E-state index in [1.807, 2.05) is 20.8 Å². The van der Waals surface area contributed by atoms with Gasteiger partial charge in [0.2, 0.25) is 18.0 Å². The Labute approximate surface area is 132 Å². The van der Waals surface area contributed by atoms with Crippen LogP contribution in [0.5, 0.6) is 0 Å². The number of rotatable bonds is 9. The third-order valence-electron chi connectivity index (χ3n) is 3.48. The Morgan fingerprint density at radius 2 is 1.68 bits per heavy atom. The summed E-state index contributed by atoms with van der Waals surface area (Å²) >= 11 is 0. The molecule has 0 aromatic rings. The largest absolute Gasteiger partial charge is 0.368 e. The molecule has 0 bridgehead atoms. The molecule has 0 aliphatic rings. The number of carbonyl (C=O) groups excluding carboxylic acids is 3. The van der Waals surface area contributed by atoms with E-state index in [1.54, 1.807) is 0 Å². The zero-order valence-corrected chi connectivity index (χ0v) is 14.5. The Bertz CT molecular complexity index is 398. The molecule has 2 N–H and O–H groups in total. The highest BCUT2D eigenvalue weighted by molar-refractivity contribution is 5.90. The molecule has 22 heavy (non-hydrogen) atoms. The lowest BCUT2D eigenvalue weighted by atomic mass is 10.0. The third kappa shape index (κ3) is 5.63. The van der Waals surface area contributed by atoms with Crippen LogP contribution in [0, 0.1) is 5.92 Å². The van der Waals surface area contributed by atoms with Crippen molar-refractivity contribution in [2.75, 3.05) is 21.2 Å². The van der Waals surface area contributed by atoms with Gasteiger partial charge >= 0.3 is 0 Å². The Morgan fingerprint density at radius 1 is 1.14 bits per heavy atom. The van der Waals surface area contributed by atoms with Crippen LogP contribution >= 0.6 is 0 Å². The van der Waals surface area contributed by atoms with Crippen molar-refractivity contribution >= 4 is 17.7 Å². The van der Waals surface area contributed by atoms with Crippen LogP contribution in [-0.4, -0.2) is 61.0 Å².